The van der Waals surface area contributed by atoms with Crippen molar-refractivity contribution in [2.75, 3.05) is 4.90 Å². The van der Waals surface area contributed by atoms with E-state index in [1.165, 1.54) is 5.56 Å². The standard InChI is InChI=1S/C30H25NO2/c1-20(2)21-16-18-22(19-17-21)31-29(32)28(33-23-10-4-3-5-11-23)30(31)26-14-8-6-12-24(26)25-13-7-9-15-27(25)30/h3-20,28H,1-2H3. The molecule has 33 heavy (non-hydrogen) atoms. The smallest absolute Gasteiger partial charge is 0.272 e. The van der Waals surface area contributed by atoms with Gasteiger partial charge in [0, 0.05) is 5.69 Å². The predicted molar refractivity (Wildman–Crippen MR) is 132 cm³/mol. The van der Waals surface area contributed by atoms with E-state index in [0.29, 0.717) is 11.7 Å². The molecule has 3 heteroatoms. The Morgan fingerprint density at radius 2 is 1.27 bits per heavy atom. The zero-order valence-corrected chi connectivity index (χ0v) is 18.7. The number of fused-ring (bicyclic) bond motifs is 5. The Morgan fingerprint density at radius 1 is 0.727 bits per heavy atom. The highest BCUT2D eigenvalue weighted by molar-refractivity contribution is 6.11. The zero-order chi connectivity index (χ0) is 22.6. The number of rotatable bonds is 4. The first-order valence-electron chi connectivity index (χ1n) is 11.5. The first-order chi connectivity index (χ1) is 16.1. The average Bonchev–Trinajstić information content (AvgIpc) is 3.16. The number of carbonyl (C=O) groups is 1. The van der Waals surface area contributed by atoms with E-state index >= 15 is 0 Å². The van der Waals surface area contributed by atoms with Gasteiger partial charge in [0.25, 0.3) is 5.91 Å². The van der Waals surface area contributed by atoms with Crippen LogP contribution in [0.3, 0.4) is 0 Å². The molecule has 0 aromatic heterocycles. The van der Waals surface area contributed by atoms with Gasteiger partial charge in [0.1, 0.15) is 11.3 Å². The Kier molecular flexibility index (Phi) is 4.41. The molecule has 1 amide bonds. The number of para-hydroxylation sites is 1. The number of carbonyl (C=O) groups excluding carboxylic acids is 1. The molecule has 1 aliphatic carbocycles. The molecular weight excluding hydrogens is 406 g/mol. The summed E-state index contributed by atoms with van der Waals surface area (Å²) in [6.07, 6.45) is -0.644. The Balaban J connectivity index is 1.56. The second-order valence-electron chi connectivity index (χ2n) is 9.09. The van der Waals surface area contributed by atoms with Crippen molar-refractivity contribution < 1.29 is 9.53 Å². The van der Waals surface area contributed by atoms with E-state index in [1.807, 2.05) is 35.2 Å². The summed E-state index contributed by atoms with van der Waals surface area (Å²) in [4.78, 5) is 15.7. The number of benzene rings is 4. The van der Waals surface area contributed by atoms with Gasteiger partial charge in [-0.2, -0.15) is 0 Å². The van der Waals surface area contributed by atoms with Gasteiger partial charge in [-0.3, -0.25) is 9.69 Å². The quantitative estimate of drug-likeness (QED) is 0.344. The summed E-state index contributed by atoms with van der Waals surface area (Å²) in [5.41, 5.74) is 5.98. The normalized spacial score (nSPS) is 17.6. The summed E-state index contributed by atoms with van der Waals surface area (Å²) in [5.74, 6) is 1.11. The van der Waals surface area contributed by atoms with Crippen molar-refractivity contribution in [2.45, 2.75) is 31.4 Å². The number of nitrogens with zero attached hydrogens (tertiary/aromatic N) is 1. The van der Waals surface area contributed by atoms with Gasteiger partial charge in [-0.25, -0.2) is 0 Å². The van der Waals surface area contributed by atoms with Crippen molar-refractivity contribution in [3.05, 3.63) is 120 Å². The number of hydrogen-bond donors (Lipinski definition) is 0. The highest BCUT2D eigenvalue weighted by Crippen LogP contribution is 2.59. The zero-order valence-electron chi connectivity index (χ0n) is 18.7. The lowest BCUT2D eigenvalue weighted by Crippen LogP contribution is -2.74. The minimum atomic E-state index is -0.709. The molecule has 4 aromatic rings. The molecule has 0 radical (unpaired) electrons. The van der Waals surface area contributed by atoms with Crippen molar-refractivity contribution in [3.8, 4) is 16.9 Å². The van der Waals surface area contributed by atoms with Gasteiger partial charge >= 0.3 is 0 Å². The van der Waals surface area contributed by atoms with Gasteiger partial charge < -0.3 is 4.74 Å². The summed E-state index contributed by atoms with van der Waals surface area (Å²) in [6, 6.07) is 34.8. The molecule has 0 bridgehead atoms. The molecule has 1 atom stereocenters. The number of β-lactam (4-membered cyclic amide) rings is 1. The molecule has 0 saturated carbocycles. The van der Waals surface area contributed by atoms with Crippen LogP contribution in [0.1, 0.15) is 36.5 Å². The fourth-order valence-electron chi connectivity index (χ4n) is 5.40. The Hall–Kier alpha value is -3.85. The maximum atomic E-state index is 13.8. The molecule has 1 unspecified atom stereocenters. The monoisotopic (exact) mass is 431 g/mol. The van der Waals surface area contributed by atoms with Crippen molar-refractivity contribution in [1.29, 1.82) is 0 Å². The van der Waals surface area contributed by atoms with Crippen LogP contribution in [0.15, 0.2) is 103 Å². The van der Waals surface area contributed by atoms with Gasteiger partial charge in [0.15, 0.2) is 0 Å². The molecule has 1 aliphatic heterocycles. The highest BCUT2D eigenvalue weighted by atomic mass is 16.5. The van der Waals surface area contributed by atoms with Crippen molar-refractivity contribution in [3.63, 3.8) is 0 Å². The molecule has 1 saturated heterocycles. The Labute approximate surface area is 194 Å². The summed E-state index contributed by atoms with van der Waals surface area (Å²) >= 11 is 0. The number of ether oxygens (including phenoxy) is 1. The van der Waals surface area contributed by atoms with Crippen LogP contribution in [0.25, 0.3) is 11.1 Å². The van der Waals surface area contributed by atoms with E-state index < -0.39 is 11.6 Å². The van der Waals surface area contributed by atoms with E-state index in [0.717, 1.165) is 27.9 Å². The van der Waals surface area contributed by atoms with Crippen LogP contribution in [0.2, 0.25) is 0 Å². The van der Waals surface area contributed by atoms with Gasteiger partial charge in [-0.15, -0.1) is 0 Å². The topological polar surface area (TPSA) is 29.5 Å². The summed E-state index contributed by atoms with van der Waals surface area (Å²) in [5, 5.41) is 0. The SMILES string of the molecule is CC(C)c1ccc(N2C(=O)C(Oc3ccccc3)C23c2ccccc2-c2ccccc23)cc1. The Morgan fingerprint density at radius 3 is 1.85 bits per heavy atom. The molecular formula is C30H25NO2. The van der Waals surface area contributed by atoms with E-state index in [4.69, 9.17) is 4.74 Å². The van der Waals surface area contributed by atoms with Gasteiger partial charge in [0.05, 0.1) is 0 Å². The van der Waals surface area contributed by atoms with Gasteiger partial charge in [-0.1, -0.05) is 92.7 Å². The van der Waals surface area contributed by atoms with Crippen molar-refractivity contribution >= 4 is 11.6 Å². The minimum Gasteiger partial charge on any atom is -0.477 e. The lowest BCUT2D eigenvalue weighted by atomic mass is 9.72. The first kappa shape index (κ1) is 19.8. The van der Waals surface area contributed by atoms with Crippen LogP contribution in [0.5, 0.6) is 5.75 Å². The lowest BCUT2D eigenvalue weighted by molar-refractivity contribution is -0.139. The molecule has 0 N–H and O–H groups in total. The predicted octanol–water partition coefficient (Wildman–Crippen LogP) is 6.53. The van der Waals surface area contributed by atoms with E-state index in [2.05, 4.69) is 86.6 Å². The van der Waals surface area contributed by atoms with Crippen LogP contribution < -0.4 is 9.64 Å². The molecule has 3 nitrogen and oxygen atoms in total. The molecule has 1 spiro atoms. The fraction of sp³-hybridized carbons (Fsp3) is 0.167. The maximum Gasteiger partial charge on any atom is 0.272 e. The van der Waals surface area contributed by atoms with Crippen LogP contribution in [0.4, 0.5) is 5.69 Å². The third-order valence-electron chi connectivity index (χ3n) is 6.96. The van der Waals surface area contributed by atoms with Crippen molar-refractivity contribution in [2.24, 2.45) is 0 Å². The first-order valence-corrected chi connectivity index (χ1v) is 11.5. The van der Waals surface area contributed by atoms with Gasteiger partial charge in [0.2, 0.25) is 6.10 Å². The second-order valence-corrected chi connectivity index (χ2v) is 9.09. The number of amides is 1. The maximum absolute atomic E-state index is 13.8. The fourth-order valence-corrected chi connectivity index (χ4v) is 5.40. The molecule has 4 aromatic carbocycles. The summed E-state index contributed by atoms with van der Waals surface area (Å²) in [6.45, 7) is 4.36. The highest BCUT2D eigenvalue weighted by Gasteiger charge is 2.68. The van der Waals surface area contributed by atoms with Crippen LogP contribution >= 0.6 is 0 Å². The van der Waals surface area contributed by atoms with E-state index in [1.54, 1.807) is 0 Å². The second kappa shape index (κ2) is 7.35. The molecule has 1 heterocycles. The minimum absolute atomic E-state index is 0.0253. The van der Waals surface area contributed by atoms with Crippen LogP contribution in [-0.2, 0) is 10.3 Å². The summed E-state index contributed by atoms with van der Waals surface area (Å²) < 4.78 is 6.44. The van der Waals surface area contributed by atoms with Crippen molar-refractivity contribution in [1.82, 2.24) is 0 Å². The van der Waals surface area contributed by atoms with Crippen LogP contribution in [-0.4, -0.2) is 12.0 Å². The number of hydrogen-bond acceptors (Lipinski definition) is 2. The van der Waals surface area contributed by atoms with Crippen LogP contribution in [0, 0.1) is 0 Å². The number of anilines is 1. The molecule has 1 fully saturated rings. The molecule has 162 valence electrons. The van der Waals surface area contributed by atoms with Gasteiger partial charge in [-0.05, 0) is 58.0 Å². The molecule has 2 aliphatic rings. The van der Waals surface area contributed by atoms with E-state index in [-0.39, 0.29) is 5.91 Å². The summed E-state index contributed by atoms with van der Waals surface area (Å²) in [7, 11) is 0. The average molecular weight is 432 g/mol. The third-order valence-corrected chi connectivity index (χ3v) is 6.96. The lowest BCUT2D eigenvalue weighted by Gasteiger charge is -2.55. The Bertz CT molecular complexity index is 1300. The largest absolute Gasteiger partial charge is 0.477 e. The third kappa shape index (κ3) is 2.72. The van der Waals surface area contributed by atoms with E-state index in [9.17, 15) is 4.79 Å². The molecule has 6 rings (SSSR count).